The standard InChI is InChI=1S/C12H17N3O2.C4H4O4/c1-15(2)7-5-9-8-14-11(16)10-4-3-6-13-12(10)17-9;5-3(6)1-2-4(7)8/h3-4,6,9H,5,7-8H2,1-2H3,(H,14,16);1-2H,(H,5,6)(H,7,8). The summed E-state index contributed by atoms with van der Waals surface area (Å²) in [5.74, 6) is -2.19. The van der Waals surface area contributed by atoms with E-state index in [0.29, 0.717) is 30.1 Å². The molecule has 9 nitrogen and oxygen atoms in total. The molecule has 25 heavy (non-hydrogen) atoms. The van der Waals surface area contributed by atoms with Crippen LogP contribution in [0.5, 0.6) is 5.88 Å². The molecule has 2 heterocycles. The number of carbonyl (C=O) groups excluding carboxylic acids is 1. The number of nitrogens with zero attached hydrogens (tertiary/aromatic N) is 2. The van der Waals surface area contributed by atoms with Gasteiger partial charge in [-0.1, -0.05) is 0 Å². The molecular formula is C16H21N3O6. The van der Waals surface area contributed by atoms with Gasteiger partial charge in [0.15, 0.2) is 0 Å². The van der Waals surface area contributed by atoms with Crippen LogP contribution in [0.1, 0.15) is 16.8 Å². The van der Waals surface area contributed by atoms with Gasteiger partial charge in [0.2, 0.25) is 5.88 Å². The van der Waals surface area contributed by atoms with Gasteiger partial charge in [-0.3, -0.25) is 4.79 Å². The van der Waals surface area contributed by atoms with Gasteiger partial charge >= 0.3 is 11.9 Å². The molecule has 1 atom stereocenters. The van der Waals surface area contributed by atoms with Crippen molar-refractivity contribution >= 4 is 17.8 Å². The first-order chi connectivity index (χ1) is 11.8. The summed E-state index contributed by atoms with van der Waals surface area (Å²) in [5, 5.41) is 18.5. The highest BCUT2D eigenvalue weighted by Crippen LogP contribution is 2.19. The van der Waals surface area contributed by atoms with E-state index in [1.54, 1.807) is 18.3 Å². The van der Waals surface area contributed by atoms with Crippen molar-refractivity contribution < 1.29 is 29.3 Å². The average molecular weight is 351 g/mol. The molecule has 0 bridgehead atoms. The molecule has 1 amide bonds. The van der Waals surface area contributed by atoms with Crippen LogP contribution in [-0.2, 0) is 9.59 Å². The lowest BCUT2D eigenvalue weighted by Gasteiger charge is -2.18. The number of hydrogen-bond donors (Lipinski definition) is 3. The first kappa shape index (κ1) is 20.1. The van der Waals surface area contributed by atoms with Crippen molar-refractivity contribution in [3.63, 3.8) is 0 Å². The van der Waals surface area contributed by atoms with E-state index in [1.165, 1.54) is 0 Å². The quantitative estimate of drug-likeness (QED) is 0.643. The molecule has 0 saturated heterocycles. The zero-order valence-electron chi connectivity index (χ0n) is 14.0. The minimum atomic E-state index is -1.26. The van der Waals surface area contributed by atoms with Crippen LogP contribution in [-0.4, -0.2) is 71.2 Å². The SMILES string of the molecule is CN(C)CCC1CNC(=O)c2cccnc2O1.O=C(O)C=CC(=O)O. The number of fused-ring (bicyclic) bond motifs is 1. The summed E-state index contributed by atoms with van der Waals surface area (Å²) in [4.78, 5) is 37.1. The summed E-state index contributed by atoms with van der Waals surface area (Å²) >= 11 is 0. The Morgan fingerprint density at radius 1 is 1.36 bits per heavy atom. The molecule has 1 unspecified atom stereocenters. The maximum absolute atomic E-state index is 11.7. The van der Waals surface area contributed by atoms with Gasteiger partial charge in [0, 0.05) is 24.9 Å². The average Bonchev–Trinajstić information content (AvgIpc) is 2.71. The molecule has 136 valence electrons. The maximum Gasteiger partial charge on any atom is 0.328 e. The summed E-state index contributed by atoms with van der Waals surface area (Å²) in [5.41, 5.74) is 0.514. The van der Waals surface area contributed by atoms with Crippen LogP contribution < -0.4 is 10.1 Å². The van der Waals surface area contributed by atoms with Crippen LogP contribution in [0.2, 0.25) is 0 Å². The monoisotopic (exact) mass is 351 g/mol. The van der Waals surface area contributed by atoms with Crippen LogP contribution in [0, 0.1) is 0 Å². The Bertz CT molecular complexity index is 629. The number of carbonyl (C=O) groups is 3. The van der Waals surface area contributed by atoms with Gasteiger partial charge in [0.1, 0.15) is 11.7 Å². The molecule has 1 aromatic rings. The zero-order valence-corrected chi connectivity index (χ0v) is 14.0. The van der Waals surface area contributed by atoms with Crippen molar-refractivity contribution in [3.8, 4) is 5.88 Å². The summed E-state index contributed by atoms with van der Waals surface area (Å²) in [7, 11) is 4.03. The summed E-state index contributed by atoms with van der Waals surface area (Å²) in [6.45, 7) is 1.45. The molecule has 0 fully saturated rings. The molecule has 0 spiro atoms. The Kier molecular flexibility index (Phi) is 8.07. The van der Waals surface area contributed by atoms with E-state index in [-0.39, 0.29) is 12.0 Å². The third kappa shape index (κ3) is 7.93. The highest BCUT2D eigenvalue weighted by atomic mass is 16.5. The van der Waals surface area contributed by atoms with Crippen molar-refractivity contribution in [1.29, 1.82) is 0 Å². The van der Waals surface area contributed by atoms with Gasteiger partial charge in [0.25, 0.3) is 5.91 Å². The van der Waals surface area contributed by atoms with E-state index in [9.17, 15) is 14.4 Å². The molecule has 0 aromatic carbocycles. The predicted octanol–water partition coefficient (Wildman–Crippen LogP) is 0.236. The molecule has 9 heteroatoms. The minimum absolute atomic E-state index is 0.0162. The van der Waals surface area contributed by atoms with Gasteiger partial charge in [0.05, 0.1) is 6.54 Å². The van der Waals surface area contributed by atoms with E-state index in [0.717, 1.165) is 13.0 Å². The number of ether oxygens (including phenoxy) is 1. The number of rotatable bonds is 5. The molecule has 0 aliphatic carbocycles. The van der Waals surface area contributed by atoms with Crippen LogP contribution in [0.4, 0.5) is 0 Å². The molecule has 1 aromatic heterocycles. The molecular weight excluding hydrogens is 330 g/mol. The lowest BCUT2D eigenvalue weighted by atomic mass is 10.2. The van der Waals surface area contributed by atoms with Crippen molar-refractivity contribution in [3.05, 3.63) is 36.0 Å². The maximum atomic E-state index is 11.7. The highest BCUT2D eigenvalue weighted by molar-refractivity contribution is 5.96. The second kappa shape index (κ2) is 10.0. The zero-order chi connectivity index (χ0) is 18.8. The first-order valence-electron chi connectivity index (χ1n) is 7.48. The molecule has 3 N–H and O–H groups in total. The Labute approximate surface area is 144 Å². The fourth-order valence-electron chi connectivity index (χ4n) is 1.86. The van der Waals surface area contributed by atoms with E-state index in [1.807, 2.05) is 14.1 Å². The number of aliphatic carboxylic acids is 2. The van der Waals surface area contributed by atoms with Crippen LogP contribution in [0.15, 0.2) is 30.5 Å². The van der Waals surface area contributed by atoms with Crippen LogP contribution in [0.3, 0.4) is 0 Å². The molecule has 1 aliphatic rings. The normalized spacial score (nSPS) is 16.1. The fourth-order valence-corrected chi connectivity index (χ4v) is 1.86. The van der Waals surface area contributed by atoms with Crippen molar-refractivity contribution in [2.75, 3.05) is 27.2 Å². The van der Waals surface area contributed by atoms with E-state index >= 15 is 0 Å². The summed E-state index contributed by atoms with van der Waals surface area (Å²) < 4.78 is 5.76. The van der Waals surface area contributed by atoms with Gasteiger partial charge in [-0.15, -0.1) is 0 Å². The number of carboxylic acid groups (broad SMARTS) is 2. The number of hydrogen-bond acceptors (Lipinski definition) is 6. The Morgan fingerprint density at radius 3 is 2.56 bits per heavy atom. The Hall–Kier alpha value is -2.94. The largest absolute Gasteiger partial charge is 0.478 e. The predicted molar refractivity (Wildman–Crippen MR) is 88.6 cm³/mol. The van der Waals surface area contributed by atoms with E-state index in [2.05, 4.69) is 15.2 Å². The number of pyridine rings is 1. The lowest BCUT2D eigenvalue weighted by molar-refractivity contribution is -0.134. The minimum Gasteiger partial charge on any atom is -0.478 e. The van der Waals surface area contributed by atoms with Gasteiger partial charge in [-0.25, -0.2) is 14.6 Å². The third-order valence-electron chi connectivity index (χ3n) is 3.05. The molecule has 1 aliphatic heterocycles. The van der Waals surface area contributed by atoms with Gasteiger partial charge in [-0.05, 0) is 32.6 Å². The molecule has 2 rings (SSSR count). The molecule has 0 radical (unpaired) electrons. The topological polar surface area (TPSA) is 129 Å². The smallest absolute Gasteiger partial charge is 0.328 e. The van der Waals surface area contributed by atoms with Gasteiger partial charge in [-0.2, -0.15) is 0 Å². The number of aromatic nitrogens is 1. The van der Waals surface area contributed by atoms with Crippen molar-refractivity contribution in [1.82, 2.24) is 15.2 Å². The second-order valence-corrected chi connectivity index (χ2v) is 5.41. The highest BCUT2D eigenvalue weighted by Gasteiger charge is 2.22. The number of carboxylic acids is 2. The Balaban J connectivity index is 0.000000333. The summed E-state index contributed by atoms with van der Waals surface area (Å²) in [6.07, 6.45) is 3.60. The van der Waals surface area contributed by atoms with Gasteiger partial charge < -0.3 is 25.2 Å². The molecule has 0 saturated carbocycles. The lowest BCUT2D eigenvalue weighted by Crippen LogP contribution is -2.34. The van der Waals surface area contributed by atoms with Crippen LogP contribution in [0.25, 0.3) is 0 Å². The second-order valence-electron chi connectivity index (χ2n) is 5.41. The number of amides is 1. The Morgan fingerprint density at radius 2 is 2.00 bits per heavy atom. The van der Waals surface area contributed by atoms with Crippen molar-refractivity contribution in [2.45, 2.75) is 12.5 Å². The van der Waals surface area contributed by atoms with E-state index < -0.39 is 11.9 Å². The summed E-state index contributed by atoms with van der Waals surface area (Å²) in [6, 6.07) is 3.47. The third-order valence-corrected chi connectivity index (χ3v) is 3.05. The van der Waals surface area contributed by atoms with Crippen LogP contribution >= 0.6 is 0 Å². The fraction of sp³-hybridized carbons (Fsp3) is 0.375. The van der Waals surface area contributed by atoms with Crippen molar-refractivity contribution in [2.24, 2.45) is 0 Å². The first-order valence-corrected chi connectivity index (χ1v) is 7.48. The van der Waals surface area contributed by atoms with E-state index in [4.69, 9.17) is 14.9 Å². The number of nitrogens with one attached hydrogen (secondary N) is 1.